The first-order valence-electron chi connectivity index (χ1n) is 3.93. The van der Waals surface area contributed by atoms with Crippen LogP contribution >= 0.6 is 11.3 Å². The van der Waals surface area contributed by atoms with Crippen LogP contribution in [0.4, 0.5) is 0 Å². The maximum atomic E-state index is 11.5. The Labute approximate surface area is 94.9 Å². The summed E-state index contributed by atoms with van der Waals surface area (Å²) in [6.45, 7) is -0.525. The molecule has 0 atom stereocenters. The second kappa shape index (κ2) is 4.60. The first-order chi connectivity index (χ1) is 7.33. The van der Waals surface area contributed by atoms with Gasteiger partial charge in [0, 0.05) is 5.38 Å². The monoisotopic (exact) mass is 264 g/mol. The minimum absolute atomic E-state index is 0.121. The lowest BCUT2D eigenvalue weighted by molar-refractivity contribution is -0.116. The zero-order chi connectivity index (χ0) is 12.3. The number of thiophene rings is 1. The van der Waals surface area contributed by atoms with Gasteiger partial charge in [-0.15, -0.1) is 11.3 Å². The quantitative estimate of drug-likeness (QED) is 0.642. The summed E-state index contributed by atoms with van der Waals surface area (Å²) in [6, 6.07) is 1.01. The first-order valence-corrected chi connectivity index (χ1v) is 6.29. The molecule has 1 amide bonds. The van der Waals surface area contributed by atoms with Gasteiger partial charge in [0.1, 0.15) is 4.21 Å². The molecule has 0 spiro atoms. The average molecular weight is 264 g/mol. The van der Waals surface area contributed by atoms with Crippen molar-refractivity contribution in [2.45, 2.75) is 4.21 Å². The van der Waals surface area contributed by atoms with E-state index in [2.05, 4.69) is 0 Å². The molecule has 0 aliphatic carbocycles. The predicted octanol–water partition coefficient (Wildman–Crippen LogP) is -0.790. The molecule has 0 bridgehead atoms. The number of hydrogen-bond donors (Lipinski definition) is 3. The molecule has 1 heterocycles. The van der Waals surface area contributed by atoms with E-state index in [4.69, 9.17) is 10.8 Å². The van der Waals surface area contributed by atoms with Crippen molar-refractivity contribution in [3.63, 3.8) is 0 Å². The van der Waals surface area contributed by atoms with Gasteiger partial charge in [-0.05, 0) is 6.07 Å². The predicted molar refractivity (Wildman–Crippen MR) is 55.7 cm³/mol. The second-order valence-electron chi connectivity index (χ2n) is 2.75. The molecule has 16 heavy (non-hydrogen) atoms. The number of sulfonamides is 1. The normalized spacial score (nSPS) is 11.2. The van der Waals surface area contributed by atoms with Crippen molar-refractivity contribution in [2.24, 2.45) is 5.73 Å². The Morgan fingerprint density at radius 3 is 2.56 bits per heavy atom. The maximum Gasteiger partial charge on any atom is 0.336 e. The third-order valence-corrected chi connectivity index (χ3v) is 4.36. The van der Waals surface area contributed by atoms with Crippen molar-refractivity contribution in [1.82, 2.24) is 4.72 Å². The lowest BCUT2D eigenvalue weighted by Crippen LogP contribution is -2.32. The van der Waals surface area contributed by atoms with Gasteiger partial charge in [0.05, 0.1) is 12.1 Å². The molecule has 4 N–H and O–H groups in total. The van der Waals surface area contributed by atoms with E-state index in [1.165, 1.54) is 5.38 Å². The van der Waals surface area contributed by atoms with Crippen LogP contribution in [0.5, 0.6) is 0 Å². The molecule has 1 rings (SSSR count). The summed E-state index contributed by atoms with van der Waals surface area (Å²) < 4.78 is 24.7. The van der Waals surface area contributed by atoms with E-state index >= 15 is 0 Å². The molecule has 0 saturated heterocycles. The molecular formula is C7H8N2O5S2. The number of carbonyl (C=O) groups is 2. The van der Waals surface area contributed by atoms with Crippen molar-refractivity contribution in [1.29, 1.82) is 0 Å². The summed E-state index contributed by atoms with van der Waals surface area (Å²) in [6.07, 6.45) is 0. The molecule has 88 valence electrons. The molecule has 0 radical (unpaired) electrons. The number of carbonyl (C=O) groups excluding carboxylic acids is 1. The van der Waals surface area contributed by atoms with Crippen LogP contribution in [0, 0.1) is 0 Å². The van der Waals surface area contributed by atoms with Gasteiger partial charge in [-0.1, -0.05) is 0 Å². The lowest BCUT2D eigenvalue weighted by atomic mass is 10.4. The van der Waals surface area contributed by atoms with Crippen molar-refractivity contribution in [3.8, 4) is 0 Å². The summed E-state index contributed by atoms with van der Waals surface area (Å²) in [7, 11) is -3.86. The molecule has 0 aliphatic heterocycles. The van der Waals surface area contributed by atoms with E-state index in [1.54, 1.807) is 0 Å². The van der Waals surface area contributed by atoms with Gasteiger partial charge in [0.25, 0.3) is 10.0 Å². The standard InChI is InChI=1S/C7H8N2O5S2/c8-5(10)2-9-16(13,14)6-1-4(3-15-6)7(11)12/h1,3,9H,2H2,(H2,8,10)(H,11,12). The SMILES string of the molecule is NC(=O)CNS(=O)(=O)c1cc(C(=O)O)cs1. The highest BCUT2D eigenvalue weighted by atomic mass is 32.2. The average Bonchev–Trinajstić information content (AvgIpc) is 2.64. The van der Waals surface area contributed by atoms with Crippen LogP contribution in [0.3, 0.4) is 0 Å². The Morgan fingerprint density at radius 1 is 1.50 bits per heavy atom. The van der Waals surface area contributed by atoms with E-state index in [9.17, 15) is 18.0 Å². The van der Waals surface area contributed by atoms with Gasteiger partial charge >= 0.3 is 5.97 Å². The van der Waals surface area contributed by atoms with Crippen LogP contribution in [-0.2, 0) is 14.8 Å². The third kappa shape index (κ3) is 3.02. The smallest absolute Gasteiger partial charge is 0.336 e. The Bertz CT molecular complexity index is 519. The Morgan fingerprint density at radius 2 is 2.12 bits per heavy atom. The molecular weight excluding hydrogens is 256 g/mol. The van der Waals surface area contributed by atoms with E-state index in [1.807, 2.05) is 4.72 Å². The van der Waals surface area contributed by atoms with Crippen LogP contribution in [-0.4, -0.2) is 31.9 Å². The second-order valence-corrected chi connectivity index (χ2v) is 5.66. The van der Waals surface area contributed by atoms with Crippen molar-refractivity contribution < 1.29 is 23.1 Å². The number of hydrogen-bond acceptors (Lipinski definition) is 5. The first kappa shape index (κ1) is 12.6. The molecule has 1 aromatic heterocycles. The molecule has 0 aromatic carbocycles. The van der Waals surface area contributed by atoms with Crippen molar-refractivity contribution >= 4 is 33.2 Å². The molecule has 7 nitrogen and oxygen atoms in total. The lowest BCUT2D eigenvalue weighted by Gasteiger charge is -2.00. The highest BCUT2D eigenvalue weighted by Crippen LogP contribution is 2.19. The molecule has 0 aliphatic rings. The van der Waals surface area contributed by atoms with Gasteiger partial charge in [-0.2, -0.15) is 0 Å². The molecule has 9 heteroatoms. The molecule has 1 aromatic rings. The topological polar surface area (TPSA) is 127 Å². The number of carboxylic acid groups (broad SMARTS) is 1. The third-order valence-electron chi connectivity index (χ3n) is 1.52. The van der Waals surface area contributed by atoms with Crippen LogP contribution in [0.1, 0.15) is 10.4 Å². The zero-order valence-corrected chi connectivity index (χ0v) is 9.47. The summed E-state index contributed by atoms with van der Waals surface area (Å²) in [5, 5.41) is 9.79. The van der Waals surface area contributed by atoms with Crippen LogP contribution < -0.4 is 10.5 Å². The minimum Gasteiger partial charge on any atom is -0.478 e. The van der Waals surface area contributed by atoms with Crippen LogP contribution in [0.15, 0.2) is 15.7 Å². The van der Waals surface area contributed by atoms with E-state index < -0.39 is 28.4 Å². The van der Waals surface area contributed by atoms with Gasteiger partial charge in [0.2, 0.25) is 5.91 Å². The van der Waals surface area contributed by atoms with E-state index in [-0.39, 0.29) is 9.77 Å². The Balaban J connectivity index is 2.90. The number of amides is 1. The van der Waals surface area contributed by atoms with E-state index in [0.29, 0.717) is 0 Å². The number of nitrogens with two attached hydrogens (primary N) is 1. The highest BCUT2D eigenvalue weighted by Gasteiger charge is 2.18. The summed E-state index contributed by atoms with van der Waals surface area (Å²) >= 11 is 0.753. The largest absolute Gasteiger partial charge is 0.478 e. The van der Waals surface area contributed by atoms with Gasteiger partial charge in [-0.3, -0.25) is 4.79 Å². The number of carboxylic acids is 1. The fraction of sp³-hybridized carbons (Fsp3) is 0.143. The zero-order valence-electron chi connectivity index (χ0n) is 7.84. The summed E-state index contributed by atoms with van der Waals surface area (Å²) in [4.78, 5) is 20.9. The summed E-state index contributed by atoms with van der Waals surface area (Å²) in [5.41, 5.74) is 4.65. The van der Waals surface area contributed by atoms with Crippen LogP contribution in [0.2, 0.25) is 0 Å². The molecule has 0 saturated carbocycles. The highest BCUT2D eigenvalue weighted by molar-refractivity contribution is 7.91. The Hall–Kier alpha value is -1.45. The summed E-state index contributed by atoms with van der Waals surface area (Å²) in [5.74, 6) is -2.04. The van der Waals surface area contributed by atoms with Gasteiger partial charge in [0.15, 0.2) is 0 Å². The number of primary amides is 1. The Kier molecular flexibility index (Phi) is 3.62. The minimum atomic E-state index is -3.86. The van der Waals surface area contributed by atoms with Crippen molar-refractivity contribution in [3.05, 3.63) is 17.0 Å². The van der Waals surface area contributed by atoms with Crippen LogP contribution in [0.25, 0.3) is 0 Å². The van der Waals surface area contributed by atoms with Gasteiger partial charge < -0.3 is 10.8 Å². The van der Waals surface area contributed by atoms with E-state index in [0.717, 1.165) is 17.4 Å². The van der Waals surface area contributed by atoms with Crippen molar-refractivity contribution in [2.75, 3.05) is 6.54 Å². The maximum absolute atomic E-state index is 11.5. The van der Waals surface area contributed by atoms with Gasteiger partial charge in [-0.25, -0.2) is 17.9 Å². The molecule has 0 fully saturated rings. The number of nitrogens with one attached hydrogen (secondary N) is 1. The number of aromatic carboxylic acids is 1. The number of rotatable bonds is 5. The fourth-order valence-electron chi connectivity index (χ4n) is 0.807. The molecule has 0 unspecified atom stereocenters. The fourth-order valence-corrected chi connectivity index (χ4v) is 3.00.